The molecule has 0 fully saturated rings. The summed E-state index contributed by atoms with van der Waals surface area (Å²) in [6.07, 6.45) is 1.50. The second-order valence-corrected chi connectivity index (χ2v) is 9.01. The summed E-state index contributed by atoms with van der Waals surface area (Å²) >= 11 is 6.93. The number of non-ortho nitro benzene ring substituents is 1. The van der Waals surface area contributed by atoms with Gasteiger partial charge >= 0.3 is 0 Å². The highest BCUT2D eigenvalue weighted by Gasteiger charge is 2.15. The summed E-state index contributed by atoms with van der Waals surface area (Å²) in [5.74, 6) is 0.0563. The number of halogens is 2. The zero-order chi connectivity index (χ0) is 24.7. The number of carbonyl (C=O) groups is 1. The Morgan fingerprint density at radius 1 is 1.15 bits per heavy atom. The summed E-state index contributed by atoms with van der Waals surface area (Å²) in [6.45, 7) is 2.06. The molecule has 0 aliphatic heterocycles. The minimum Gasteiger partial charge on any atom is -0.487 e. The maximum Gasteiger partial charge on any atom is 0.269 e. The quantitative estimate of drug-likeness (QED) is 0.141. The molecule has 34 heavy (non-hydrogen) atoms. The molecular weight excluding hydrogens is 566 g/mol. The van der Waals surface area contributed by atoms with Gasteiger partial charge in [0.05, 0.1) is 19.9 Å². The first-order valence-corrected chi connectivity index (χ1v) is 11.7. The molecule has 0 unspecified atom stereocenters. The first kappa shape index (κ1) is 25.1. The molecule has 0 bridgehead atoms. The van der Waals surface area contributed by atoms with Crippen molar-refractivity contribution in [2.45, 2.75) is 19.6 Å². The van der Waals surface area contributed by atoms with Crippen molar-refractivity contribution in [3.63, 3.8) is 0 Å². The average molecular weight is 585 g/mol. The third-order valence-corrected chi connectivity index (χ3v) is 6.05. The van der Waals surface area contributed by atoms with Gasteiger partial charge in [-0.15, -0.1) is 0 Å². The molecule has 1 atom stereocenters. The monoisotopic (exact) mass is 583 g/mol. The first-order chi connectivity index (χ1) is 16.3. The van der Waals surface area contributed by atoms with Crippen LogP contribution in [0.5, 0.6) is 5.75 Å². The van der Waals surface area contributed by atoms with E-state index >= 15 is 0 Å². The van der Waals surface area contributed by atoms with Gasteiger partial charge in [0.25, 0.3) is 11.6 Å². The van der Waals surface area contributed by atoms with Gasteiger partial charge in [0, 0.05) is 12.1 Å². The van der Waals surface area contributed by atoms with Crippen molar-refractivity contribution < 1.29 is 14.5 Å². The molecule has 0 radical (unpaired) electrons. The molecule has 9 heteroatoms. The lowest BCUT2D eigenvalue weighted by atomic mass is 10.1. The molecule has 0 spiro atoms. The highest BCUT2D eigenvalue weighted by Crippen LogP contribution is 2.36. The maximum atomic E-state index is 12.6. The second-order valence-electron chi connectivity index (χ2n) is 7.30. The second kappa shape index (κ2) is 11.6. The van der Waals surface area contributed by atoms with Gasteiger partial charge in [0.2, 0.25) is 0 Å². The summed E-state index contributed by atoms with van der Waals surface area (Å²) in [7, 11) is 0. The Kier molecular flexibility index (Phi) is 8.57. The van der Waals surface area contributed by atoms with Crippen LogP contribution in [0.25, 0.3) is 6.08 Å². The van der Waals surface area contributed by atoms with E-state index in [4.69, 9.17) is 4.74 Å². The molecule has 0 saturated heterocycles. The van der Waals surface area contributed by atoms with E-state index < -0.39 is 10.8 Å². The number of benzene rings is 3. The van der Waals surface area contributed by atoms with Gasteiger partial charge in [-0.3, -0.25) is 14.9 Å². The van der Waals surface area contributed by atoms with E-state index in [1.807, 2.05) is 43.3 Å². The number of hydrogen-bond donors (Lipinski definition) is 1. The van der Waals surface area contributed by atoms with Crippen molar-refractivity contribution in [3.8, 4) is 11.8 Å². The Balaban J connectivity index is 1.72. The number of nitrogens with one attached hydrogen (secondary N) is 1. The molecule has 3 aromatic rings. The molecule has 1 N–H and O–H groups in total. The van der Waals surface area contributed by atoms with Crippen LogP contribution < -0.4 is 10.1 Å². The minimum absolute atomic E-state index is 0.0118. The normalized spacial score (nSPS) is 11.9. The van der Waals surface area contributed by atoms with Gasteiger partial charge in [0.15, 0.2) is 0 Å². The molecule has 0 saturated carbocycles. The molecule has 3 aromatic carbocycles. The van der Waals surface area contributed by atoms with Gasteiger partial charge in [0.1, 0.15) is 24.0 Å². The van der Waals surface area contributed by atoms with E-state index in [0.717, 1.165) is 11.1 Å². The molecule has 1 amide bonds. The SMILES string of the molecule is C[C@H](NC(=O)/C(C#N)=C\c1cc(Br)c(OCc2ccc([N+](=O)[O-])cc2)c(Br)c1)c1ccccc1. The van der Waals surface area contributed by atoms with Gasteiger partial charge in [-0.2, -0.15) is 5.26 Å². The number of hydrogen-bond acceptors (Lipinski definition) is 5. The van der Waals surface area contributed by atoms with Gasteiger partial charge in [-0.1, -0.05) is 30.3 Å². The molecule has 0 heterocycles. The number of rotatable bonds is 8. The van der Waals surface area contributed by atoms with Gasteiger partial charge < -0.3 is 10.1 Å². The highest BCUT2D eigenvalue weighted by atomic mass is 79.9. The molecule has 7 nitrogen and oxygen atoms in total. The smallest absolute Gasteiger partial charge is 0.269 e. The lowest BCUT2D eigenvalue weighted by molar-refractivity contribution is -0.384. The Bertz CT molecular complexity index is 1250. The van der Waals surface area contributed by atoms with Crippen molar-refractivity contribution >= 4 is 49.5 Å². The average Bonchev–Trinajstić information content (AvgIpc) is 2.82. The van der Waals surface area contributed by atoms with E-state index in [0.29, 0.717) is 20.3 Å². The highest BCUT2D eigenvalue weighted by molar-refractivity contribution is 9.11. The van der Waals surface area contributed by atoms with Crippen molar-refractivity contribution in [1.82, 2.24) is 5.32 Å². The zero-order valence-electron chi connectivity index (χ0n) is 18.0. The van der Waals surface area contributed by atoms with E-state index in [1.165, 1.54) is 18.2 Å². The van der Waals surface area contributed by atoms with Crippen LogP contribution in [0.1, 0.15) is 29.7 Å². The molecular formula is C25H19Br2N3O4. The standard InChI is InChI=1S/C25H19Br2N3O4/c1-16(19-5-3-2-4-6-19)29-25(31)20(14-28)11-18-12-22(26)24(23(27)13-18)34-15-17-7-9-21(10-8-17)30(32)33/h2-13,16H,15H2,1H3,(H,29,31)/b20-11-/t16-/m0/s1. The van der Waals surface area contributed by atoms with Crippen LogP contribution in [0.4, 0.5) is 5.69 Å². The molecule has 3 rings (SSSR count). The summed E-state index contributed by atoms with van der Waals surface area (Å²) in [6, 6.07) is 20.8. The number of nitrogens with zero attached hydrogens (tertiary/aromatic N) is 2. The van der Waals surface area contributed by atoms with E-state index in [2.05, 4.69) is 37.2 Å². The number of amides is 1. The zero-order valence-corrected chi connectivity index (χ0v) is 21.2. The van der Waals surface area contributed by atoms with Crippen molar-refractivity contribution in [2.75, 3.05) is 0 Å². The van der Waals surface area contributed by atoms with Crippen LogP contribution in [0.15, 0.2) is 81.2 Å². The predicted molar refractivity (Wildman–Crippen MR) is 136 cm³/mol. The number of nitriles is 1. The maximum absolute atomic E-state index is 12.6. The number of carbonyl (C=O) groups excluding carboxylic acids is 1. The third kappa shape index (κ3) is 6.53. The Hall–Kier alpha value is -3.48. The number of ether oxygens (including phenoxy) is 1. The van der Waals surface area contributed by atoms with Crippen LogP contribution in [-0.4, -0.2) is 10.8 Å². The fourth-order valence-corrected chi connectivity index (χ4v) is 4.54. The van der Waals surface area contributed by atoms with Crippen LogP contribution in [0.3, 0.4) is 0 Å². The van der Waals surface area contributed by atoms with Crippen molar-refractivity contribution in [1.29, 1.82) is 5.26 Å². The summed E-state index contributed by atoms with van der Waals surface area (Å²) < 4.78 is 7.09. The molecule has 0 aromatic heterocycles. The fourth-order valence-electron chi connectivity index (χ4n) is 3.08. The van der Waals surface area contributed by atoms with Crippen LogP contribution in [0, 0.1) is 21.4 Å². The molecule has 172 valence electrons. The topological polar surface area (TPSA) is 105 Å². The van der Waals surface area contributed by atoms with Crippen LogP contribution in [-0.2, 0) is 11.4 Å². The van der Waals surface area contributed by atoms with E-state index in [9.17, 15) is 20.2 Å². The first-order valence-electron chi connectivity index (χ1n) is 10.1. The van der Waals surface area contributed by atoms with E-state index in [-0.39, 0.29) is 23.9 Å². The van der Waals surface area contributed by atoms with Gasteiger partial charge in [-0.05, 0) is 85.8 Å². The molecule has 0 aliphatic carbocycles. The van der Waals surface area contributed by atoms with Crippen molar-refractivity contribution in [3.05, 3.63) is 108 Å². The number of nitro benzene ring substituents is 1. The predicted octanol–water partition coefficient (Wildman–Crippen LogP) is 6.48. The summed E-state index contributed by atoms with van der Waals surface area (Å²) in [5.41, 5.74) is 2.32. The third-order valence-electron chi connectivity index (χ3n) is 4.87. The molecule has 0 aliphatic rings. The largest absolute Gasteiger partial charge is 0.487 e. The van der Waals surface area contributed by atoms with Crippen LogP contribution in [0.2, 0.25) is 0 Å². The Morgan fingerprint density at radius 3 is 2.32 bits per heavy atom. The van der Waals surface area contributed by atoms with Crippen LogP contribution >= 0.6 is 31.9 Å². The van der Waals surface area contributed by atoms with E-state index in [1.54, 1.807) is 24.3 Å². The minimum atomic E-state index is -0.468. The summed E-state index contributed by atoms with van der Waals surface area (Å²) in [4.78, 5) is 23.0. The fraction of sp³-hybridized carbons (Fsp3) is 0.120. The summed E-state index contributed by atoms with van der Waals surface area (Å²) in [5, 5.41) is 23.1. The lowest BCUT2D eigenvalue weighted by Crippen LogP contribution is -2.27. The lowest BCUT2D eigenvalue weighted by Gasteiger charge is -2.14. The number of nitro groups is 1. The van der Waals surface area contributed by atoms with Gasteiger partial charge in [-0.25, -0.2) is 0 Å². The van der Waals surface area contributed by atoms with Crippen molar-refractivity contribution in [2.24, 2.45) is 0 Å². The Labute approximate surface area is 213 Å². The Morgan fingerprint density at radius 2 is 1.76 bits per heavy atom.